The van der Waals surface area contributed by atoms with Crippen molar-refractivity contribution in [1.82, 2.24) is 5.32 Å². The molecule has 0 saturated carbocycles. The summed E-state index contributed by atoms with van der Waals surface area (Å²) in [5.41, 5.74) is 1.15. The molecule has 0 aliphatic carbocycles. The number of fused-ring (bicyclic) bond motifs is 1. The summed E-state index contributed by atoms with van der Waals surface area (Å²) in [6.45, 7) is 5.02. The Labute approximate surface area is 114 Å². The maximum absolute atomic E-state index is 5.85. The van der Waals surface area contributed by atoms with E-state index in [9.17, 15) is 0 Å². The first-order chi connectivity index (χ1) is 9.27. The van der Waals surface area contributed by atoms with Crippen molar-refractivity contribution in [3.8, 4) is 5.75 Å². The van der Waals surface area contributed by atoms with Crippen LogP contribution in [0.2, 0.25) is 0 Å². The average molecular weight is 259 g/mol. The highest BCUT2D eigenvalue weighted by atomic mass is 16.7. The second-order valence-electron chi connectivity index (χ2n) is 4.47. The molecule has 0 radical (unpaired) electrons. The van der Waals surface area contributed by atoms with Gasteiger partial charge in [0.15, 0.2) is 6.79 Å². The van der Waals surface area contributed by atoms with Gasteiger partial charge in [-0.2, -0.15) is 0 Å². The molecule has 0 spiro atoms. The van der Waals surface area contributed by atoms with Crippen LogP contribution >= 0.6 is 0 Å². The Balaban J connectivity index is 2.45. The van der Waals surface area contributed by atoms with Crippen LogP contribution in [0, 0.1) is 0 Å². The van der Waals surface area contributed by atoms with Crippen LogP contribution in [0.25, 0.3) is 10.8 Å². The van der Waals surface area contributed by atoms with E-state index in [0.717, 1.165) is 16.7 Å². The van der Waals surface area contributed by atoms with E-state index in [1.807, 2.05) is 26.1 Å². The third-order valence-electron chi connectivity index (χ3n) is 3.30. The van der Waals surface area contributed by atoms with Gasteiger partial charge in [-0.05, 0) is 26.3 Å². The van der Waals surface area contributed by atoms with Gasteiger partial charge in [-0.1, -0.05) is 36.4 Å². The SMILES string of the molecule is CCOCOc1c(C(C)NC)ccc2ccccc12. The van der Waals surface area contributed by atoms with Crippen molar-refractivity contribution in [2.24, 2.45) is 0 Å². The van der Waals surface area contributed by atoms with Gasteiger partial charge in [0.2, 0.25) is 0 Å². The molecule has 0 bridgehead atoms. The first-order valence-electron chi connectivity index (χ1n) is 6.67. The molecule has 0 saturated heterocycles. The minimum atomic E-state index is 0.237. The zero-order chi connectivity index (χ0) is 13.7. The predicted octanol–water partition coefficient (Wildman–Crippen LogP) is 3.49. The lowest BCUT2D eigenvalue weighted by molar-refractivity contribution is 0.0225. The molecule has 0 amide bonds. The monoisotopic (exact) mass is 259 g/mol. The smallest absolute Gasteiger partial charge is 0.189 e. The molecular formula is C16H21NO2. The Hall–Kier alpha value is -1.58. The summed E-state index contributed by atoms with van der Waals surface area (Å²) >= 11 is 0. The minimum Gasteiger partial charge on any atom is -0.467 e. The molecule has 3 nitrogen and oxygen atoms in total. The zero-order valence-electron chi connectivity index (χ0n) is 11.8. The van der Waals surface area contributed by atoms with Crippen molar-refractivity contribution in [2.45, 2.75) is 19.9 Å². The molecule has 0 aliphatic rings. The van der Waals surface area contributed by atoms with Crippen LogP contribution in [0.4, 0.5) is 0 Å². The number of hydrogen-bond acceptors (Lipinski definition) is 3. The van der Waals surface area contributed by atoms with Gasteiger partial charge in [0, 0.05) is 23.6 Å². The number of ether oxygens (including phenoxy) is 2. The fraction of sp³-hybridized carbons (Fsp3) is 0.375. The Kier molecular flexibility index (Phi) is 4.77. The minimum absolute atomic E-state index is 0.237. The topological polar surface area (TPSA) is 30.5 Å². The maximum atomic E-state index is 5.85. The quantitative estimate of drug-likeness (QED) is 0.636. The molecule has 102 valence electrons. The molecule has 0 aromatic heterocycles. The van der Waals surface area contributed by atoms with Gasteiger partial charge in [-0.15, -0.1) is 0 Å². The highest BCUT2D eigenvalue weighted by Crippen LogP contribution is 2.33. The molecule has 1 atom stereocenters. The summed E-state index contributed by atoms with van der Waals surface area (Å²) in [7, 11) is 1.95. The van der Waals surface area contributed by atoms with Gasteiger partial charge in [-0.3, -0.25) is 0 Å². The zero-order valence-corrected chi connectivity index (χ0v) is 11.8. The maximum Gasteiger partial charge on any atom is 0.189 e. The first-order valence-corrected chi connectivity index (χ1v) is 6.67. The van der Waals surface area contributed by atoms with Crippen molar-refractivity contribution in [1.29, 1.82) is 0 Å². The van der Waals surface area contributed by atoms with Gasteiger partial charge in [0.25, 0.3) is 0 Å². The summed E-state index contributed by atoms with van der Waals surface area (Å²) < 4.78 is 11.2. The average Bonchev–Trinajstić information content (AvgIpc) is 2.46. The van der Waals surface area contributed by atoms with Crippen molar-refractivity contribution in [2.75, 3.05) is 20.4 Å². The Morgan fingerprint density at radius 1 is 1.16 bits per heavy atom. The fourth-order valence-electron chi connectivity index (χ4n) is 2.10. The van der Waals surface area contributed by atoms with E-state index in [-0.39, 0.29) is 12.8 Å². The first kappa shape index (κ1) is 13.8. The van der Waals surface area contributed by atoms with Gasteiger partial charge in [-0.25, -0.2) is 0 Å². The van der Waals surface area contributed by atoms with E-state index >= 15 is 0 Å². The molecule has 19 heavy (non-hydrogen) atoms. The number of benzene rings is 2. The van der Waals surface area contributed by atoms with Crippen molar-refractivity contribution >= 4 is 10.8 Å². The van der Waals surface area contributed by atoms with E-state index in [2.05, 4.69) is 36.5 Å². The van der Waals surface area contributed by atoms with Crippen LogP contribution in [0.15, 0.2) is 36.4 Å². The standard InChI is InChI=1S/C16H21NO2/c1-4-18-11-19-16-14(12(2)17-3)10-9-13-7-5-6-8-15(13)16/h5-10,12,17H,4,11H2,1-3H3. The van der Waals surface area contributed by atoms with E-state index in [0.29, 0.717) is 6.61 Å². The summed E-state index contributed by atoms with van der Waals surface area (Å²) in [6.07, 6.45) is 0. The van der Waals surface area contributed by atoms with Crippen molar-refractivity contribution in [3.05, 3.63) is 42.0 Å². The summed E-state index contributed by atoms with van der Waals surface area (Å²) in [6, 6.07) is 12.7. The van der Waals surface area contributed by atoms with Crippen LogP contribution in [0.3, 0.4) is 0 Å². The molecule has 0 fully saturated rings. The summed E-state index contributed by atoms with van der Waals surface area (Å²) in [5.74, 6) is 0.911. The lowest BCUT2D eigenvalue weighted by atomic mass is 10.0. The Morgan fingerprint density at radius 2 is 1.95 bits per heavy atom. The highest BCUT2D eigenvalue weighted by Gasteiger charge is 2.13. The summed E-state index contributed by atoms with van der Waals surface area (Å²) in [4.78, 5) is 0. The summed E-state index contributed by atoms with van der Waals surface area (Å²) in [5, 5.41) is 5.56. The largest absolute Gasteiger partial charge is 0.467 e. The van der Waals surface area contributed by atoms with Crippen LogP contribution in [-0.4, -0.2) is 20.4 Å². The lowest BCUT2D eigenvalue weighted by Crippen LogP contribution is -2.14. The van der Waals surface area contributed by atoms with Crippen LogP contribution in [-0.2, 0) is 4.74 Å². The lowest BCUT2D eigenvalue weighted by Gasteiger charge is -2.18. The van der Waals surface area contributed by atoms with E-state index in [4.69, 9.17) is 9.47 Å². The van der Waals surface area contributed by atoms with Crippen LogP contribution < -0.4 is 10.1 Å². The van der Waals surface area contributed by atoms with E-state index in [1.165, 1.54) is 5.39 Å². The van der Waals surface area contributed by atoms with E-state index in [1.54, 1.807) is 0 Å². The number of rotatable bonds is 6. The molecule has 2 rings (SSSR count). The van der Waals surface area contributed by atoms with E-state index < -0.39 is 0 Å². The fourth-order valence-corrected chi connectivity index (χ4v) is 2.10. The van der Waals surface area contributed by atoms with Gasteiger partial charge < -0.3 is 14.8 Å². The molecule has 1 N–H and O–H groups in total. The van der Waals surface area contributed by atoms with Crippen molar-refractivity contribution < 1.29 is 9.47 Å². The normalized spacial score (nSPS) is 12.6. The molecular weight excluding hydrogens is 238 g/mol. The highest BCUT2D eigenvalue weighted by molar-refractivity contribution is 5.89. The van der Waals surface area contributed by atoms with Gasteiger partial charge in [0.1, 0.15) is 5.75 Å². The van der Waals surface area contributed by atoms with Gasteiger partial charge >= 0.3 is 0 Å². The molecule has 3 heteroatoms. The van der Waals surface area contributed by atoms with Crippen LogP contribution in [0.5, 0.6) is 5.75 Å². The molecule has 1 unspecified atom stereocenters. The van der Waals surface area contributed by atoms with Crippen molar-refractivity contribution in [3.63, 3.8) is 0 Å². The second kappa shape index (κ2) is 6.55. The van der Waals surface area contributed by atoms with Gasteiger partial charge in [0.05, 0.1) is 0 Å². The second-order valence-corrected chi connectivity index (χ2v) is 4.47. The number of hydrogen-bond donors (Lipinski definition) is 1. The molecule has 0 aliphatic heterocycles. The predicted molar refractivity (Wildman–Crippen MR) is 78.5 cm³/mol. The molecule has 2 aromatic carbocycles. The number of nitrogens with one attached hydrogen (secondary N) is 1. The molecule has 2 aromatic rings. The third kappa shape index (κ3) is 3.06. The van der Waals surface area contributed by atoms with Crippen LogP contribution in [0.1, 0.15) is 25.5 Å². The Morgan fingerprint density at radius 3 is 2.68 bits per heavy atom. The molecule has 0 heterocycles. The Bertz CT molecular complexity index is 539. The third-order valence-corrected chi connectivity index (χ3v) is 3.30.